The lowest BCUT2D eigenvalue weighted by Crippen LogP contribution is -2.63. The summed E-state index contributed by atoms with van der Waals surface area (Å²) >= 11 is 0. The van der Waals surface area contributed by atoms with Gasteiger partial charge in [0.25, 0.3) is 0 Å². The lowest BCUT2D eigenvalue weighted by molar-refractivity contribution is -0.324. The van der Waals surface area contributed by atoms with Crippen molar-refractivity contribution in [3.05, 3.63) is 29.3 Å². The monoisotopic (exact) mass is 472 g/mol. The SMILES string of the molecule is C#CC1(OC2OC(C(=O)O)C(O)C(O)C2O)CCC2C3CCc4cc(O)ccc4C3CCC21C. The van der Waals surface area contributed by atoms with Crippen molar-refractivity contribution in [3.63, 3.8) is 0 Å². The highest BCUT2D eigenvalue weighted by molar-refractivity contribution is 5.73. The lowest BCUT2D eigenvalue weighted by Gasteiger charge is -2.54. The van der Waals surface area contributed by atoms with E-state index in [2.05, 4.69) is 12.8 Å². The van der Waals surface area contributed by atoms with E-state index < -0.39 is 47.7 Å². The average Bonchev–Trinajstić information content (AvgIpc) is 3.11. The molecule has 5 rings (SSSR count). The minimum Gasteiger partial charge on any atom is -0.508 e. The van der Waals surface area contributed by atoms with Crippen LogP contribution in [0.15, 0.2) is 18.2 Å². The summed E-state index contributed by atoms with van der Waals surface area (Å²) in [7, 11) is 0. The first kappa shape index (κ1) is 23.6. The van der Waals surface area contributed by atoms with Gasteiger partial charge in [0.2, 0.25) is 0 Å². The van der Waals surface area contributed by atoms with Crippen LogP contribution in [0.25, 0.3) is 0 Å². The maximum Gasteiger partial charge on any atom is 0.335 e. The van der Waals surface area contributed by atoms with Gasteiger partial charge in [0.1, 0.15) is 29.7 Å². The number of carboxylic acid groups (broad SMARTS) is 1. The molecule has 1 aromatic rings. The number of phenols is 1. The Morgan fingerprint density at radius 1 is 1.15 bits per heavy atom. The van der Waals surface area contributed by atoms with Crippen LogP contribution in [0.3, 0.4) is 0 Å². The summed E-state index contributed by atoms with van der Waals surface area (Å²) < 4.78 is 11.7. The molecule has 1 aromatic carbocycles. The van der Waals surface area contributed by atoms with Gasteiger partial charge in [-0.25, -0.2) is 4.79 Å². The number of aliphatic hydroxyl groups is 3. The zero-order chi connectivity index (χ0) is 24.4. The number of hydrogen-bond acceptors (Lipinski definition) is 7. The molecule has 3 aliphatic carbocycles. The van der Waals surface area contributed by atoms with E-state index in [-0.39, 0.29) is 11.7 Å². The number of terminal acetylenes is 1. The molecule has 10 unspecified atom stereocenters. The number of aryl methyl sites for hydroxylation is 1. The van der Waals surface area contributed by atoms with Gasteiger partial charge < -0.3 is 35.0 Å². The van der Waals surface area contributed by atoms with Gasteiger partial charge in [-0.05, 0) is 79.5 Å². The maximum atomic E-state index is 11.5. The molecular formula is C26H32O8. The molecule has 5 N–H and O–H groups in total. The molecular weight excluding hydrogens is 440 g/mol. The Kier molecular flexibility index (Phi) is 5.70. The zero-order valence-corrected chi connectivity index (χ0v) is 19.1. The number of aromatic hydroxyl groups is 1. The number of ether oxygens (including phenoxy) is 2. The van der Waals surface area contributed by atoms with Crippen LogP contribution in [-0.2, 0) is 20.7 Å². The van der Waals surface area contributed by atoms with Crippen LogP contribution in [0, 0.1) is 29.6 Å². The molecule has 0 aromatic heterocycles. The predicted octanol–water partition coefficient (Wildman–Crippen LogP) is 1.53. The first-order chi connectivity index (χ1) is 16.1. The number of aliphatic carboxylic acids is 1. The second-order valence-electron chi connectivity index (χ2n) is 10.6. The maximum absolute atomic E-state index is 11.5. The number of hydrogen-bond donors (Lipinski definition) is 5. The molecule has 34 heavy (non-hydrogen) atoms. The summed E-state index contributed by atoms with van der Waals surface area (Å²) in [6.45, 7) is 2.11. The standard InChI is InChI=1S/C26H32O8/c1-3-26(34-24-21(30)19(28)20(29)22(33-24)23(31)32)11-9-18-17-6-4-13-12-14(27)5-7-15(13)16(17)8-10-25(18,26)2/h1,5,7,12,16-22,24,27-30H,4,6,8-11H2,2H3,(H,31,32). The van der Waals surface area contributed by atoms with Crippen molar-refractivity contribution in [2.24, 2.45) is 17.3 Å². The van der Waals surface area contributed by atoms with Crippen molar-refractivity contribution < 1.29 is 39.8 Å². The predicted molar refractivity (Wildman–Crippen MR) is 120 cm³/mol. The lowest BCUT2D eigenvalue weighted by atomic mass is 9.53. The Morgan fingerprint density at radius 3 is 2.62 bits per heavy atom. The van der Waals surface area contributed by atoms with E-state index in [1.165, 1.54) is 11.1 Å². The van der Waals surface area contributed by atoms with Gasteiger partial charge >= 0.3 is 5.97 Å². The molecule has 10 atom stereocenters. The summed E-state index contributed by atoms with van der Waals surface area (Å²) in [6.07, 6.45) is 2.62. The van der Waals surface area contributed by atoms with E-state index in [1.54, 1.807) is 6.07 Å². The van der Waals surface area contributed by atoms with Crippen molar-refractivity contribution in [1.82, 2.24) is 0 Å². The second-order valence-corrected chi connectivity index (χ2v) is 10.6. The molecule has 8 nitrogen and oxygen atoms in total. The number of benzene rings is 1. The summed E-state index contributed by atoms with van der Waals surface area (Å²) in [4.78, 5) is 11.5. The molecule has 1 heterocycles. The minimum absolute atomic E-state index is 0.260. The van der Waals surface area contributed by atoms with Crippen LogP contribution >= 0.6 is 0 Å². The molecule has 0 bridgehead atoms. The summed E-state index contributed by atoms with van der Waals surface area (Å²) in [5, 5.41) is 50.1. The van der Waals surface area contributed by atoms with Gasteiger partial charge in [0.05, 0.1) is 0 Å². The Labute approximate surface area is 198 Å². The Hall–Kier alpha value is -2.15. The van der Waals surface area contributed by atoms with E-state index in [4.69, 9.17) is 15.9 Å². The van der Waals surface area contributed by atoms with Crippen LogP contribution in [0.5, 0.6) is 5.75 Å². The number of aliphatic hydroxyl groups excluding tert-OH is 3. The summed E-state index contributed by atoms with van der Waals surface area (Å²) in [6, 6.07) is 5.65. The highest BCUT2D eigenvalue weighted by Crippen LogP contribution is 2.65. The first-order valence-corrected chi connectivity index (χ1v) is 12.0. The molecule has 1 aliphatic heterocycles. The van der Waals surface area contributed by atoms with Gasteiger partial charge in [0.15, 0.2) is 12.4 Å². The fraction of sp³-hybridized carbons (Fsp3) is 0.654. The molecule has 3 fully saturated rings. The third kappa shape index (κ3) is 3.29. The molecule has 0 radical (unpaired) electrons. The summed E-state index contributed by atoms with van der Waals surface area (Å²) in [5.74, 6) is 2.70. The highest BCUT2D eigenvalue weighted by atomic mass is 16.7. The Morgan fingerprint density at radius 2 is 1.91 bits per heavy atom. The number of carboxylic acids is 1. The quantitative estimate of drug-likeness (QED) is 0.418. The van der Waals surface area contributed by atoms with Crippen molar-refractivity contribution in [2.45, 2.75) is 87.7 Å². The molecule has 2 saturated carbocycles. The second kappa shape index (κ2) is 8.21. The van der Waals surface area contributed by atoms with E-state index >= 15 is 0 Å². The van der Waals surface area contributed by atoms with Crippen LogP contribution in [0.1, 0.15) is 56.1 Å². The smallest absolute Gasteiger partial charge is 0.335 e. The zero-order valence-electron chi connectivity index (χ0n) is 19.1. The van der Waals surface area contributed by atoms with Crippen molar-refractivity contribution >= 4 is 5.97 Å². The number of rotatable bonds is 3. The van der Waals surface area contributed by atoms with Crippen LogP contribution in [-0.4, -0.2) is 67.8 Å². The van der Waals surface area contributed by atoms with Gasteiger partial charge in [-0.2, -0.15) is 0 Å². The largest absolute Gasteiger partial charge is 0.508 e. The fourth-order valence-electron chi connectivity index (χ4n) is 7.38. The molecule has 0 spiro atoms. The average molecular weight is 473 g/mol. The number of carbonyl (C=O) groups is 1. The minimum atomic E-state index is -1.78. The Bertz CT molecular complexity index is 1020. The third-order valence-corrected chi connectivity index (χ3v) is 9.19. The molecule has 0 amide bonds. The van der Waals surface area contributed by atoms with Crippen molar-refractivity contribution in [3.8, 4) is 18.1 Å². The summed E-state index contributed by atoms with van der Waals surface area (Å²) in [5.41, 5.74) is 0.963. The van der Waals surface area contributed by atoms with Gasteiger partial charge in [0, 0.05) is 5.41 Å². The van der Waals surface area contributed by atoms with Crippen molar-refractivity contribution in [2.75, 3.05) is 0 Å². The normalized spacial score (nSPS) is 45.5. The van der Waals surface area contributed by atoms with Crippen LogP contribution in [0.4, 0.5) is 0 Å². The highest BCUT2D eigenvalue weighted by Gasteiger charge is 2.64. The Balaban J connectivity index is 1.42. The molecule has 1 saturated heterocycles. The number of fused-ring (bicyclic) bond motifs is 5. The number of phenolic OH excluding ortho intramolecular Hbond substituents is 1. The first-order valence-electron chi connectivity index (χ1n) is 12.0. The van der Waals surface area contributed by atoms with Crippen molar-refractivity contribution in [1.29, 1.82) is 0 Å². The van der Waals surface area contributed by atoms with Crippen LogP contribution < -0.4 is 0 Å². The van der Waals surface area contributed by atoms with E-state index in [1.807, 2.05) is 12.1 Å². The van der Waals surface area contributed by atoms with Crippen LogP contribution in [0.2, 0.25) is 0 Å². The van der Waals surface area contributed by atoms with E-state index in [9.17, 15) is 30.3 Å². The molecule has 8 heteroatoms. The van der Waals surface area contributed by atoms with Gasteiger partial charge in [-0.15, -0.1) is 6.42 Å². The fourth-order valence-corrected chi connectivity index (χ4v) is 7.38. The third-order valence-electron chi connectivity index (χ3n) is 9.19. The topological polar surface area (TPSA) is 137 Å². The van der Waals surface area contributed by atoms with E-state index in [0.29, 0.717) is 18.3 Å². The van der Waals surface area contributed by atoms with E-state index in [0.717, 1.165) is 32.1 Å². The van der Waals surface area contributed by atoms with Gasteiger partial charge in [-0.1, -0.05) is 18.9 Å². The molecule has 184 valence electrons. The van der Waals surface area contributed by atoms with Gasteiger partial charge in [-0.3, -0.25) is 0 Å². The molecule has 4 aliphatic rings.